The number of amides is 1. The summed E-state index contributed by atoms with van der Waals surface area (Å²) in [4.78, 5) is 11.9. The Hall–Kier alpha value is -3.36. The van der Waals surface area contributed by atoms with Crippen LogP contribution in [0.15, 0.2) is 70.2 Å². The Morgan fingerprint density at radius 3 is 2.69 bits per heavy atom. The lowest BCUT2D eigenvalue weighted by Crippen LogP contribution is -2.19. The Balaban J connectivity index is 1.61. The SMILES string of the molecule is N#Cc1ccccc1-c1ccc(C=NNC(=O)Cc2ccc(Cl)cc2)o1. The van der Waals surface area contributed by atoms with Crippen LogP contribution in [0, 0.1) is 11.3 Å². The second-order valence-corrected chi connectivity index (χ2v) is 5.89. The monoisotopic (exact) mass is 363 g/mol. The number of halogens is 1. The molecule has 0 radical (unpaired) electrons. The standard InChI is InChI=1S/C20H14ClN3O2/c21-16-7-5-14(6-8-16)11-20(25)24-23-13-17-9-10-19(26-17)18-4-2-1-3-15(18)12-22/h1-10,13H,11H2,(H,24,25). The van der Waals surface area contributed by atoms with Gasteiger partial charge < -0.3 is 4.42 Å². The van der Waals surface area contributed by atoms with Gasteiger partial charge in [-0.3, -0.25) is 4.79 Å². The van der Waals surface area contributed by atoms with Gasteiger partial charge in [0.25, 0.3) is 0 Å². The van der Waals surface area contributed by atoms with E-state index in [9.17, 15) is 4.79 Å². The van der Waals surface area contributed by atoms with Crippen molar-refractivity contribution in [1.29, 1.82) is 5.26 Å². The first kappa shape index (κ1) is 17.5. The number of rotatable bonds is 5. The van der Waals surface area contributed by atoms with Crippen molar-refractivity contribution in [3.05, 3.63) is 82.6 Å². The van der Waals surface area contributed by atoms with Gasteiger partial charge in [0.1, 0.15) is 11.5 Å². The number of hydrogen-bond acceptors (Lipinski definition) is 4. The number of furan rings is 1. The lowest BCUT2D eigenvalue weighted by atomic mass is 10.1. The van der Waals surface area contributed by atoms with Crippen molar-refractivity contribution in [3.8, 4) is 17.4 Å². The number of carbonyl (C=O) groups excluding carboxylic acids is 1. The molecule has 1 aromatic heterocycles. The first-order valence-corrected chi connectivity index (χ1v) is 8.19. The fraction of sp³-hybridized carbons (Fsp3) is 0.0500. The van der Waals surface area contributed by atoms with E-state index in [1.807, 2.05) is 12.1 Å². The maximum atomic E-state index is 11.9. The average Bonchev–Trinajstić information content (AvgIpc) is 3.12. The summed E-state index contributed by atoms with van der Waals surface area (Å²) in [7, 11) is 0. The van der Waals surface area contributed by atoms with E-state index in [-0.39, 0.29) is 12.3 Å². The van der Waals surface area contributed by atoms with E-state index in [0.29, 0.717) is 27.7 Å². The molecule has 0 aliphatic carbocycles. The van der Waals surface area contributed by atoms with Gasteiger partial charge in [0.05, 0.1) is 24.3 Å². The van der Waals surface area contributed by atoms with Gasteiger partial charge in [-0.15, -0.1) is 0 Å². The summed E-state index contributed by atoms with van der Waals surface area (Å²) in [6.45, 7) is 0. The molecule has 0 bridgehead atoms. The largest absolute Gasteiger partial charge is 0.455 e. The predicted molar refractivity (Wildman–Crippen MR) is 99.8 cm³/mol. The Labute approximate surface area is 155 Å². The Morgan fingerprint density at radius 1 is 1.15 bits per heavy atom. The number of nitrogens with zero attached hydrogens (tertiary/aromatic N) is 2. The molecule has 3 aromatic rings. The number of hydrogen-bond donors (Lipinski definition) is 1. The van der Waals surface area contributed by atoms with E-state index in [0.717, 1.165) is 5.56 Å². The van der Waals surface area contributed by atoms with Gasteiger partial charge in [0, 0.05) is 10.6 Å². The third-order valence-electron chi connectivity index (χ3n) is 3.60. The van der Waals surface area contributed by atoms with Crippen molar-refractivity contribution in [2.75, 3.05) is 0 Å². The van der Waals surface area contributed by atoms with Crippen LogP contribution in [-0.4, -0.2) is 12.1 Å². The van der Waals surface area contributed by atoms with Crippen LogP contribution in [0.25, 0.3) is 11.3 Å². The van der Waals surface area contributed by atoms with E-state index in [1.165, 1.54) is 6.21 Å². The number of hydrazone groups is 1. The number of nitrogens with one attached hydrogen (secondary N) is 1. The van der Waals surface area contributed by atoms with Crippen LogP contribution < -0.4 is 5.43 Å². The van der Waals surface area contributed by atoms with Gasteiger partial charge in [-0.2, -0.15) is 10.4 Å². The molecule has 5 nitrogen and oxygen atoms in total. The second kappa shape index (κ2) is 8.15. The summed E-state index contributed by atoms with van der Waals surface area (Å²) in [6.07, 6.45) is 1.62. The predicted octanol–water partition coefficient (Wildman–Crippen LogP) is 4.16. The van der Waals surface area contributed by atoms with Crippen LogP contribution in [0.1, 0.15) is 16.9 Å². The third-order valence-corrected chi connectivity index (χ3v) is 3.85. The molecule has 3 rings (SSSR count). The molecule has 1 heterocycles. The van der Waals surface area contributed by atoms with E-state index in [1.54, 1.807) is 48.5 Å². The minimum absolute atomic E-state index is 0.202. The molecule has 0 aliphatic heterocycles. The van der Waals surface area contributed by atoms with Gasteiger partial charge >= 0.3 is 0 Å². The molecule has 0 unspecified atom stereocenters. The van der Waals surface area contributed by atoms with Crippen LogP contribution in [0.3, 0.4) is 0 Å². The smallest absolute Gasteiger partial charge is 0.244 e. The summed E-state index contributed by atoms with van der Waals surface area (Å²) in [5, 5.41) is 13.7. The minimum atomic E-state index is -0.245. The van der Waals surface area contributed by atoms with Crippen LogP contribution in [0.5, 0.6) is 0 Å². The minimum Gasteiger partial charge on any atom is -0.455 e. The average molecular weight is 364 g/mol. The van der Waals surface area contributed by atoms with Crippen LogP contribution in [0.4, 0.5) is 0 Å². The van der Waals surface area contributed by atoms with Crippen molar-refractivity contribution in [2.24, 2.45) is 5.10 Å². The van der Waals surface area contributed by atoms with E-state index in [2.05, 4.69) is 16.6 Å². The zero-order valence-electron chi connectivity index (χ0n) is 13.6. The van der Waals surface area contributed by atoms with Crippen molar-refractivity contribution in [1.82, 2.24) is 5.43 Å². The molecule has 6 heteroatoms. The summed E-state index contributed by atoms with van der Waals surface area (Å²) in [5.74, 6) is 0.792. The summed E-state index contributed by atoms with van der Waals surface area (Å²) in [6, 6.07) is 19.8. The zero-order chi connectivity index (χ0) is 18.4. The van der Waals surface area contributed by atoms with Gasteiger partial charge in [-0.05, 0) is 42.0 Å². The first-order chi connectivity index (χ1) is 12.7. The van der Waals surface area contributed by atoms with Crippen molar-refractivity contribution >= 4 is 23.7 Å². The number of carbonyl (C=O) groups is 1. The van der Waals surface area contributed by atoms with E-state index >= 15 is 0 Å². The first-order valence-electron chi connectivity index (χ1n) is 7.81. The van der Waals surface area contributed by atoms with E-state index in [4.69, 9.17) is 21.3 Å². The fourth-order valence-electron chi connectivity index (χ4n) is 2.36. The summed E-state index contributed by atoms with van der Waals surface area (Å²) >= 11 is 5.81. The normalized spacial score (nSPS) is 10.6. The topological polar surface area (TPSA) is 78.4 Å². The van der Waals surface area contributed by atoms with Gasteiger partial charge in [0.2, 0.25) is 5.91 Å². The van der Waals surface area contributed by atoms with Crippen LogP contribution in [-0.2, 0) is 11.2 Å². The highest BCUT2D eigenvalue weighted by atomic mass is 35.5. The van der Waals surface area contributed by atoms with E-state index < -0.39 is 0 Å². The third kappa shape index (κ3) is 4.38. The highest BCUT2D eigenvalue weighted by molar-refractivity contribution is 6.30. The van der Waals surface area contributed by atoms with Crippen molar-refractivity contribution in [2.45, 2.75) is 6.42 Å². The molecular formula is C20H14ClN3O2. The molecule has 1 N–H and O–H groups in total. The summed E-state index contributed by atoms with van der Waals surface area (Å²) in [5.41, 5.74) is 4.53. The lowest BCUT2D eigenvalue weighted by Gasteiger charge is -2.00. The maximum absolute atomic E-state index is 11.9. The van der Waals surface area contributed by atoms with Gasteiger partial charge in [-0.25, -0.2) is 5.43 Å². The second-order valence-electron chi connectivity index (χ2n) is 5.46. The molecule has 0 saturated carbocycles. The fourth-order valence-corrected chi connectivity index (χ4v) is 2.48. The highest BCUT2D eigenvalue weighted by Gasteiger charge is 2.08. The highest BCUT2D eigenvalue weighted by Crippen LogP contribution is 2.24. The van der Waals surface area contributed by atoms with Crippen LogP contribution in [0.2, 0.25) is 5.02 Å². The Bertz CT molecular complexity index is 985. The number of nitriles is 1. The van der Waals surface area contributed by atoms with Crippen molar-refractivity contribution < 1.29 is 9.21 Å². The molecular weight excluding hydrogens is 350 g/mol. The molecule has 128 valence electrons. The van der Waals surface area contributed by atoms with Gasteiger partial charge in [-0.1, -0.05) is 35.9 Å². The number of benzene rings is 2. The molecule has 26 heavy (non-hydrogen) atoms. The zero-order valence-corrected chi connectivity index (χ0v) is 14.4. The van der Waals surface area contributed by atoms with Gasteiger partial charge in [0.15, 0.2) is 0 Å². The molecule has 0 fully saturated rings. The quantitative estimate of drug-likeness (QED) is 0.546. The Morgan fingerprint density at radius 2 is 1.92 bits per heavy atom. The molecule has 2 aromatic carbocycles. The molecule has 0 aliphatic rings. The van der Waals surface area contributed by atoms with Crippen molar-refractivity contribution in [3.63, 3.8) is 0 Å². The van der Waals surface area contributed by atoms with Crippen LogP contribution >= 0.6 is 11.6 Å². The lowest BCUT2D eigenvalue weighted by molar-refractivity contribution is -0.120. The molecule has 0 saturated heterocycles. The Kier molecular flexibility index (Phi) is 5.47. The molecule has 0 atom stereocenters. The summed E-state index contributed by atoms with van der Waals surface area (Å²) < 4.78 is 5.66. The maximum Gasteiger partial charge on any atom is 0.244 e. The molecule has 1 amide bonds. The molecule has 0 spiro atoms.